The Morgan fingerprint density at radius 2 is 2.00 bits per heavy atom. The standard InChI is InChI=1S/C30H36N4O3/c1-3-30(4-2)17-26(35)34(29(31)33-30)27(23-16-20-15-22(20)23)18-8-7-9-19(14-18)28(36)32-24-12-13-37-25-11-6-5-10-21(24)25/h5-11,14,20,22-24,27H,3-4,12-13,15-17H2,1-2H3,(H2,31,33)(H,32,36)/t20?,22?,23-,24+,27?/m1/s1. The summed E-state index contributed by atoms with van der Waals surface area (Å²) < 4.78 is 5.76. The predicted molar refractivity (Wildman–Crippen MR) is 142 cm³/mol. The van der Waals surface area contributed by atoms with E-state index in [4.69, 9.17) is 15.5 Å². The summed E-state index contributed by atoms with van der Waals surface area (Å²) in [5, 5.41) is 3.21. The molecule has 194 valence electrons. The molecule has 2 saturated carbocycles. The number of nitrogens with zero attached hydrogens (tertiary/aromatic N) is 2. The van der Waals surface area contributed by atoms with Crippen LogP contribution in [0.15, 0.2) is 53.5 Å². The van der Waals surface area contributed by atoms with E-state index in [-0.39, 0.29) is 23.9 Å². The summed E-state index contributed by atoms with van der Waals surface area (Å²) in [7, 11) is 0. The molecule has 0 aromatic heterocycles. The molecule has 5 atom stereocenters. The minimum Gasteiger partial charge on any atom is -0.493 e. The van der Waals surface area contributed by atoms with Crippen LogP contribution in [0.25, 0.3) is 0 Å². The van der Waals surface area contributed by atoms with Crippen LogP contribution in [0.5, 0.6) is 5.75 Å². The molecule has 0 radical (unpaired) electrons. The quantitative estimate of drug-likeness (QED) is 0.574. The van der Waals surface area contributed by atoms with Crippen molar-refractivity contribution in [1.82, 2.24) is 10.2 Å². The number of benzene rings is 2. The summed E-state index contributed by atoms with van der Waals surface area (Å²) in [6, 6.07) is 15.3. The number of para-hydroxylation sites is 1. The average Bonchev–Trinajstić information content (AvgIpc) is 3.56. The molecule has 2 amide bonds. The van der Waals surface area contributed by atoms with Gasteiger partial charge in [0.05, 0.1) is 30.7 Å². The van der Waals surface area contributed by atoms with Crippen molar-refractivity contribution in [3.63, 3.8) is 0 Å². The zero-order valence-corrected chi connectivity index (χ0v) is 21.7. The van der Waals surface area contributed by atoms with E-state index in [0.29, 0.717) is 36.4 Å². The molecular weight excluding hydrogens is 464 g/mol. The van der Waals surface area contributed by atoms with Crippen LogP contribution in [0.2, 0.25) is 0 Å². The molecule has 2 heterocycles. The number of hydrogen-bond acceptors (Lipinski definition) is 5. The number of aliphatic imine (C=N–C) groups is 1. The SMILES string of the molecule is CCC1(CC)CC(=O)N(C(c2cccc(C(=O)N[C@H]3CCOc4ccccc43)c2)[C@@H]2CC3CC32)C(N)=N1. The first-order valence-corrected chi connectivity index (χ1v) is 13.7. The lowest BCUT2D eigenvalue weighted by molar-refractivity contribution is -0.133. The summed E-state index contributed by atoms with van der Waals surface area (Å²) in [6.45, 7) is 4.71. The van der Waals surface area contributed by atoms with Gasteiger partial charge in [-0.1, -0.05) is 44.2 Å². The lowest BCUT2D eigenvalue weighted by atomic mass is 9.75. The zero-order valence-electron chi connectivity index (χ0n) is 21.7. The van der Waals surface area contributed by atoms with Gasteiger partial charge in [-0.2, -0.15) is 0 Å². The maximum Gasteiger partial charge on any atom is 0.251 e. The third kappa shape index (κ3) is 4.18. The van der Waals surface area contributed by atoms with Crippen LogP contribution < -0.4 is 15.8 Å². The topological polar surface area (TPSA) is 97.0 Å². The van der Waals surface area contributed by atoms with Crippen molar-refractivity contribution in [2.24, 2.45) is 28.5 Å². The second-order valence-electron chi connectivity index (χ2n) is 11.2. The second-order valence-corrected chi connectivity index (χ2v) is 11.2. The molecule has 7 nitrogen and oxygen atoms in total. The molecule has 2 aromatic carbocycles. The normalized spacial score (nSPS) is 28.1. The molecule has 6 rings (SSSR count). The third-order valence-corrected chi connectivity index (χ3v) is 9.20. The predicted octanol–water partition coefficient (Wildman–Crippen LogP) is 4.74. The molecule has 4 aliphatic rings. The lowest BCUT2D eigenvalue weighted by Crippen LogP contribution is -2.54. The van der Waals surface area contributed by atoms with E-state index in [2.05, 4.69) is 19.2 Å². The highest BCUT2D eigenvalue weighted by molar-refractivity contribution is 6.00. The fourth-order valence-electron chi connectivity index (χ4n) is 6.73. The van der Waals surface area contributed by atoms with E-state index < -0.39 is 5.54 Å². The molecule has 2 aliphatic carbocycles. The number of nitrogens with two attached hydrogens (primary N) is 1. The Bertz CT molecular complexity index is 1250. The van der Waals surface area contributed by atoms with Gasteiger partial charge in [0.2, 0.25) is 5.91 Å². The molecule has 3 N–H and O–H groups in total. The Morgan fingerprint density at radius 3 is 2.70 bits per heavy atom. The number of hydrogen-bond donors (Lipinski definition) is 2. The van der Waals surface area contributed by atoms with Gasteiger partial charge in [0, 0.05) is 17.5 Å². The summed E-state index contributed by atoms with van der Waals surface area (Å²) in [5.74, 6) is 2.82. The molecule has 0 bridgehead atoms. The molecule has 2 aromatic rings. The monoisotopic (exact) mass is 500 g/mol. The van der Waals surface area contributed by atoms with Crippen molar-refractivity contribution >= 4 is 17.8 Å². The first-order valence-electron chi connectivity index (χ1n) is 13.7. The minimum absolute atomic E-state index is 0.0407. The number of amides is 2. The van der Waals surface area contributed by atoms with E-state index in [1.807, 2.05) is 48.5 Å². The van der Waals surface area contributed by atoms with E-state index in [1.54, 1.807) is 4.90 Å². The summed E-state index contributed by atoms with van der Waals surface area (Å²) in [4.78, 5) is 33.6. The highest BCUT2D eigenvalue weighted by atomic mass is 16.5. The molecular formula is C30H36N4O3. The number of carbonyl (C=O) groups is 2. The Labute approximate surface area is 218 Å². The van der Waals surface area contributed by atoms with Crippen molar-refractivity contribution in [3.05, 3.63) is 65.2 Å². The third-order valence-electron chi connectivity index (χ3n) is 9.20. The second kappa shape index (κ2) is 9.19. The maximum absolute atomic E-state index is 13.6. The Kier molecular flexibility index (Phi) is 5.97. The molecule has 2 fully saturated rings. The maximum atomic E-state index is 13.6. The van der Waals surface area contributed by atoms with Gasteiger partial charge >= 0.3 is 0 Å². The van der Waals surface area contributed by atoms with Gasteiger partial charge in [-0.15, -0.1) is 0 Å². The number of rotatable bonds is 7. The van der Waals surface area contributed by atoms with Crippen LogP contribution in [0.3, 0.4) is 0 Å². The van der Waals surface area contributed by atoms with Crippen molar-refractivity contribution in [2.75, 3.05) is 6.61 Å². The van der Waals surface area contributed by atoms with Crippen LogP contribution in [-0.4, -0.2) is 34.8 Å². The number of fused-ring (bicyclic) bond motifs is 2. The average molecular weight is 501 g/mol. The molecule has 2 aliphatic heterocycles. The number of nitrogens with one attached hydrogen (secondary N) is 1. The Hall–Kier alpha value is -3.35. The zero-order chi connectivity index (χ0) is 25.7. The molecule has 7 heteroatoms. The number of guanidine groups is 1. The van der Waals surface area contributed by atoms with Gasteiger partial charge in [-0.25, -0.2) is 4.99 Å². The Balaban J connectivity index is 1.29. The first-order chi connectivity index (χ1) is 17.9. The van der Waals surface area contributed by atoms with Crippen LogP contribution >= 0.6 is 0 Å². The van der Waals surface area contributed by atoms with Crippen molar-refractivity contribution in [1.29, 1.82) is 0 Å². The van der Waals surface area contributed by atoms with Crippen molar-refractivity contribution in [3.8, 4) is 5.75 Å². The Morgan fingerprint density at radius 1 is 1.19 bits per heavy atom. The van der Waals surface area contributed by atoms with E-state index in [0.717, 1.165) is 48.5 Å². The largest absolute Gasteiger partial charge is 0.493 e. The van der Waals surface area contributed by atoms with Gasteiger partial charge in [0.1, 0.15) is 5.75 Å². The van der Waals surface area contributed by atoms with Gasteiger partial charge in [-0.05, 0) is 67.2 Å². The van der Waals surface area contributed by atoms with Gasteiger partial charge in [-0.3, -0.25) is 14.5 Å². The summed E-state index contributed by atoms with van der Waals surface area (Å²) in [6.07, 6.45) is 4.98. The fraction of sp³-hybridized carbons (Fsp3) is 0.500. The van der Waals surface area contributed by atoms with Crippen molar-refractivity contribution in [2.45, 2.75) is 70.0 Å². The fourth-order valence-corrected chi connectivity index (χ4v) is 6.73. The number of carbonyl (C=O) groups excluding carboxylic acids is 2. The van der Waals surface area contributed by atoms with E-state index in [9.17, 15) is 9.59 Å². The van der Waals surface area contributed by atoms with Gasteiger partial charge < -0.3 is 15.8 Å². The van der Waals surface area contributed by atoms with Crippen LogP contribution in [0, 0.1) is 17.8 Å². The van der Waals surface area contributed by atoms with Gasteiger partial charge in [0.15, 0.2) is 5.96 Å². The van der Waals surface area contributed by atoms with Crippen LogP contribution in [-0.2, 0) is 4.79 Å². The first kappa shape index (κ1) is 24.0. The van der Waals surface area contributed by atoms with E-state index >= 15 is 0 Å². The van der Waals surface area contributed by atoms with Crippen LogP contribution in [0.1, 0.15) is 85.9 Å². The smallest absolute Gasteiger partial charge is 0.251 e. The summed E-state index contributed by atoms with van der Waals surface area (Å²) >= 11 is 0. The van der Waals surface area contributed by atoms with Gasteiger partial charge in [0.25, 0.3) is 5.91 Å². The number of ether oxygens (including phenoxy) is 1. The lowest BCUT2D eigenvalue weighted by Gasteiger charge is -2.45. The molecule has 3 unspecified atom stereocenters. The van der Waals surface area contributed by atoms with E-state index in [1.165, 1.54) is 6.42 Å². The highest BCUT2D eigenvalue weighted by Gasteiger charge is 2.58. The molecule has 0 saturated heterocycles. The van der Waals surface area contributed by atoms with Crippen LogP contribution in [0.4, 0.5) is 0 Å². The van der Waals surface area contributed by atoms with Crippen molar-refractivity contribution < 1.29 is 14.3 Å². The molecule has 37 heavy (non-hydrogen) atoms. The highest BCUT2D eigenvalue weighted by Crippen LogP contribution is 2.64. The minimum atomic E-state index is -0.411. The molecule has 0 spiro atoms. The summed E-state index contributed by atoms with van der Waals surface area (Å²) in [5.41, 5.74) is 8.69.